The first-order valence-corrected chi connectivity index (χ1v) is 3.99. The van der Waals surface area contributed by atoms with Crippen LogP contribution >= 0.6 is 11.7 Å². The third-order valence-electron chi connectivity index (χ3n) is 1.65. The van der Waals surface area contributed by atoms with Crippen molar-refractivity contribution >= 4 is 28.4 Å². The molecular weight excluding hydrogens is 158 g/mol. The summed E-state index contributed by atoms with van der Waals surface area (Å²) >= 11 is 1.20. The van der Waals surface area contributed by atoms with E-state index in [0.29, 0.717) is 5.69 Å². The Morgan fingerprint density at radius 1 is 1.27 bits per heavy atom. The monoisotopic (exact) mass is 165 g/mol. The summed E-state index contributed by atoms with van der Waals surface area (Å²) in [5.41, 5.74) is 9.26. The van der Waals surface area contributed by atoms with Gasteiger partial charge in [0.05, 0.1) is 17.4 Å². The number of anilines is 1. The van der Waals surface area contributed by atoms with Crippen molar-refractivity contribution in [3.8, 4) is 0 Å². The molecule has 0 amide bonds. The molecular formula is C7H7N3S. The Morgan fingerprint density at radius 2 is 2.00 bits per heavy atom. The lowest BCUT2D eigenvalue weighted by molar-refractivity contribution is 1.48. The van der Waals surface area contributed by atoms with Crippen LogP contribution in [0.15, 0.2) is 12.1 Å². The van der Waals surface area contributed by atoms with Crippen LogP contribution in [0.3, 0.4) is 0 Å². The van der Waals surface area contributed by atoms with Crippen molar-refractivity contribution in [3.05, 3.63) is 17.7 Å². The Balaban J connectivity index is 2.96. The Bertz CT molecular complexity index is 357. The van der Waals surface area contributed by atoms with Crippen molar-refractivity contribution in [1.82, 2.24) is 8.75 Å². The van der Waals surface area contributed by atoms with E-state index >= 15 is 0 Å². The maximum Gasteiger partial charge on any atom is 0.127 e. The number of aromatic nitrogens is 2. The molecule has 2 aromatic rings. The fourth-order valence-corrected chi connectivity index (χ4v) is 1.64. The molecule has 0 saturated heterocycles. The van der Waals surface area contributed by atoms with Crippen LogP contribution < -0.4 is 5.73 Å². The van der Waals surface area contributed by atoms with Gasteiger partial charge in [-0.1, -0.05) is 6.07 Å². The molecule has 0 aliphatic carbocycles. The second-order valence-corrected chi connectivity index (χ2v) is 2.96. The van der Waals surface area contributed by atoms with Crippen LogP contribution in [-0.2, 0) is 0 Å². The molecule has 1 aromatic carbocycles. The zero-order chi connectivity index (χ0) is 7.84. The molecule has 11 heavy (non-hydrogen) atoms. The molecule has 4 heteroatoms. The number of rotatable bonds is 0. The quantitative estimate of drug-likeness (QED) is 0.603. The van der Waals surface area contributed by atoms with Crippen molar-refractivity contribution in [2.75, 3.05) is 5.73 Å². The Kier molecular flexibility index (Phi) is 1.29. The molecule has 0 aliphatic rings. The van der Waals surface area contributed by atoms with E-state index in [0.717, 1.165) is 16.6 Å². The summed E-state index contributed by atoms with van der Waals surface area (Å²) in [5.74, 6) is 0. The van der Waals surface area contributed by atoms with Crippen molar-refractivity contribution in [2.24, 2.45) is 0 Å². The number of benzene rings is 1. The second-order valence-electron chi connectivity index (χ2n) is 2.43. The number of nitrogens with two attached hydrogens (primary N) is 1. The molecule has 2 rings (SSSR count). The zero-order valence-corrected chi connectivity index (χ0v) is 6.85. The zero-order valence-electron chi connectivity index (χ0n) is 6.03. The van der Waals surface area contributed by atoms with Gasteiger partial charge < -0.3 is 5.73 Å². The molecule has 0 aliphatic heterocycles. The maximum atomic E-state index is 5.67. The van der Waals surface area contributed by atoms with Crippen LogP contribution in [0, 0.1) is 6.92 Å². The maximum absolute atomic E-state index is 5.67. The lowest BCUT2D eigenvalue weighted by atomic mass is 10.2. The summed E-state index contributed by atoms with van der Waals surface area (Å²) in [5, 5.41) is 0. The van der Waals surface area contributed by atoms with Gasteiger partial charge in [-0.3, -0.25) is 0 Å². The standard InChI is InChI=1S/C7H7N3S/c1-4-2-3-5(8)7-6(4)9-11-10-7/h2-3H,8H2,1H3. The number of hydrogen-bond acceptors (Lipinski definition) is 4. The number of nitrogens with zero attached hydrogens (tertiary/aromatic N) is 2. The van der Waals surface area contributed by atoms with E-state index in [2.05, 4.69) is 8.75 Å². The summed E-state index contributed by atoms with van der Waals surface area (Å²) in [6.45, 7) is 2.00. The molecule has 1 aromatic heterocycles. The predicted molar refractivity (Wildman–Crippen MR) is 46.6 cm³/mol. The predicted octanol–water partition coefficient (Wildman–Crippen LogP) is 1.58. The molecule has 0 fully saturated rings. The van der Waals surface area contributed by atoms with Crippen LogP contribution in [0.5, 0.6) is 0 Å². The summed E-state index contributed by atoms with van der Waals surface area (Å²) in [6.07, 6.45) is 0. The third kappa shape index (κ3) is 0.867. The van der Waals surface area contributed by atoms with Gasteiger partial charge in [0.1, 0.15) is 11.0 Å². The van der Waals surface area contributed by atoms with Gasteiger partial charge in [0, 0.05) is 0 Å². The summed E-state index contributed by atoms with van der Waals surface area (Å²) < 4.78 is 8.21. The first kappa shape index (κ1) is 6.54. The van der Waals surface area contributed by atoms with E-state index in [9.17, 15) is 0 Å². The van der Waals surface area contributed by atoms with Gasteiger partial charge in [0.15, 0.2) is 0 Å². The molecule has 56 valence electrons. The molecule has 0 saturated carbocycles. The molecule has 0 radical (unpaired) electrons. The molecule has 3 nitrogen and oxygen atoms in total. The van der Waals surface area contributed by atoms with E-state index in [-0.39, 0.29) is 0 Å². The van der Waals surface area contributed by atoms with Crippen molar-refractivity contribution < 1.29 is 0 Å². The Labute approximate surface area is 68.2 Å². The minimum absolute atomic E-state index is 0.708. The Hall–Kier alpha value is -1.16. The average molecular weight is 165 g/mol. The van der Waals surface area contributed by atoms with Crippen molar-refractivity contribution in [2.45, 2.75) is 6.92 Å². The lowest BCUT2D eigenvalue weighted by Gasteiger charge is -1.94. The van der Waals surface area contributed by atoms with E-state index in [1.165, 1.54) is 11.7 Å². The SMILES string of the molecule is Cc1ccc(N)c2nsnc12. The number of aryl methyl sites for hydroxylation is 1. The summed E-state index contributed by atoms with van der Waals surface area (Å²) in [4.78, 5) is 0. The molecule has 0 bridgehead atoms. The van der Waals surface area contributed by atoms with Gasteiger partial charge in [-0.05, 0) is 18.6 Å². The van der Waals surface area contributed by atoms with Crippen LogP contribution in [-0.4, -0.2) is 8.75 Å². The fourth-order valence-electron chi connectivity index (χ4n) is 1.01. The smallest absolute Gasteiger partial charge is 0.127 e. The number of fused-ring (bicyclic) bond motifs is 1. The lowest BCUT2D eigenvalue weighted by Crippen LogP contribution is -1.87. The minimum Gasteiger partial charge on any atom is -0.397 e. The van der Waals surface area contributed by atoms with E-state index in [1.54, 1.807) is 0 Å². The number of nitrogen functional groups attached to an aromatic ring is 1. The first-order valence-electron chi connectivity index (χ1n) is 3.26. The topological polar surface area (TPSA) is 51.8 Å². The van der Waals surface area contributed by atoms with Gasteiger partial charge in [-0.25, -0.2) is 0 Å². The highest BCUT2D eigenvalue weighted by Crippen LogP contribution is 2.21. The van der Waals surface area contributed by atoms with E-state index in [4.69, 9.17) is 5.73 Å². The minimum atomic E-state index is 0.708. The van der Waals surface area contributed by atoms with Gasteiger partial charge in [0.2, 0.25) is 0 Å². The molecule has 0 unspecified atom stereocenters. The second kappa shape index (κ2) is 2.17. The van der Waals surface area contributed by atoms with Crippen LogP contribution in [0.4, 0.5) is 5.69 Å². The highest BCUT2D eigenvalue weighted by atomic mass is 32.1. The van der Waals surface area contributed by atoms with Crippen LogP contribution in [0.2, 0.25) is 0 Å². The van der Waals surface area contributed by atoms with Gasteiger partial charge in [0.25, 0.3) is 0 Å². The first-order chi connectivity index (χ1) is 5.29. The van der Waals surface area contributed by atoms with Gasteiger partial charge in [-0.2, -0.15) is 8.75 Å². The van der Waals surface area contributed by atoms with Crippen molar-refractivity contribution in [1.29, 1.82) is 0 Å². The van der Waals surface area contributed by atoms with E-state index < -0.39 is 0 Å². The summed E-state index contributed by atoms with van der Waals surface area (Å²) in [6, 6.07) is 3.82. The highest BCUT2D eigenvalue weighted by molar-refractivity contribution is 7.00. The third-order valence-corrected chi connectivity index (χ3v) is 2.18. The average Bonchev–Trinajstić information content (AvgIpc) is 2.45. The van der Waals surface area contributed by atoms with Crippen LogP contribution in [0.1, 0.15) is 5.56 Å². The fraction of sp³-hybridized carbons (Fsp3) is 0.143. The number of hydrogen-bond donors (Lipinski definition) is 1. The molecule has 2 N–H and O–H groups in total. The Morgan fingerprint density at radius 3 is 2.73 bits per heavy atom. The highest BCUT2D eigenvalue weighted by Gasteiger charge is 2.03. The largest absolute Gasteiger partial charge is 0.397 e. The van der Waals surface area contributed by atoms with Crippen molar-refractivity contribution in [3.63, 3.8) is 0 Å². The van der Waals surface area contributed by atoms with E-state index in [1.807, 2.05) is 19.1 Å². The van der Waals surface area contributed by atoms with Crippen LogP contribution in [0.25, 0.3) is 11.0 Å². The molecule has 1 heterocycles. The molecule has 0 atom stereocenters. The van der Waals surface area contributed by atoms with Gasteiger partial charge in [-0.15, -0.1) is 0 Å². The molecule has 0 spiro atoms. The van der Waals surface area contributed by atoms with Gasteiger partial charge >= 0.3 is 0 Å². The normalized spacial score (nSPS) is 10.6. The summed E-state index contributed by atoms with van der Waals surface area (Å²) in [7, 11) is 0.